The molecule has 2 aromatic carbocycles. The molecule has 0 aliphatic heterocycles. The Balaban J connectivity index is 1.90. The largest absolute Gasteiger partial charge is 0.305 e. The van der Waals surface area contributed by atoms with Gasteiger partial charge in [0.1, 0.15) is 0 Å². The molecule has 2 N–H and O–H groups in total. The summed E-state index contributed by atoms with van der Waals surface area (Å²) in [6, 6.07) is 19.6. The smallest absolute Gasteiger partial charge is 0.272 e. The molecule has 1 amide bonds. The van der Waals surface area contributed by atoms with E-state index in [1.54, 1.807) is 30.3 Å². The molecule has 0 spiro atoms. The van der Waals surface area contributed by atoms with Crippen molar-refractivity contribution in [2.45, 2.75) is 0 Å². The van der Waals surface area contributed by atoms with Crippen molar-refractivity contribution in [2.24, 2.45) is 0 Å². The second-order valence-corrected chi connectivity index (χ2v) is 4.68. The summed E-state index contributed by atoms with van der Waals surface area (Å²) in [6.07, 6.45) is 0. The Labute approximate surface area is 126 Å². The average molecular weight is 291 g/mol. The fourth-order valence-electron chi connectivity index (χ4n) is 2.08. The Kier molecular flexibility index (Phi) is 3.78. The SMILES string of the molecule is O=C(Nc1cc(-c2ccccc2)c(=O)[nH]n1)c1ccccc1. The number of H-pyrrole nitrogens is 1. The molecule has 1 heterocycles. The number of hydrogen-bond acceptors (Lipinski definition) is 3. The molecule has 0 aliphatic rings. The normalized spacial score (nSPS) is 10.2. The molecule has 108 valence electrons. The van der Waals surface area contributed by atoms with Gasteiger partial charge in [-0.25, -0.2) is 5.10 Å². The second-order valence-electron chi connectivity index (χ2n) is 4.68. The Bertz CT molecular complexity index is 843. The maximum Gasteiger partial charge on any atom is 0.272 e. The maximum atomic E-state index is 12.1. The number of rotatable bonds is 3. The molecular formula is C17H13N3O2. The van der Waals surface area contributed by atoms with Crippen LogP contribution in [0.3, 0.4) is 0 Å². The van der Waals surface area contributed by atoms with Crippen LogP contribution >= 0.6 is 0 Å². The molecule has 0 saturated carbocycles. The van der Waals surface area contributed by atoms with Crippen LogP contribution in [0, 0.1) is 0 Å². The van der Waals surface area contributed by atoms with E-state index in [0.717, 1.165) is 5.56 Å². The van der Waals surface area contributed by atoms with E-state index in [1.165, 1.54) is 0 Å². The number of hydrogen-bond donors (Lipinski definition) is 2. The number of carbonyl (C=O) groups excluding carboxylic acids is 1. The fraction of sp³-hybridized carbons (Fsp3) is 0. The third-order valence-electron chi connectivity index (χ3n) is 3.17. The summed E-state index contributed by atoms with van der Waals surface area (Å²) in [7, 11) is 0. The van der Waals surface area contributed by atoms with E-state index in [0.29, 0.717) is 16.9 Å². The van der Waals surface area contributed by atoms with Crippen LogP contribution in [0.1, 0.15) is 10.4 Å². The van der Waals surface area contributed by atoms with E-state index in [9.17, 15) is 9.59 Å². The first-order chi connectivity index (χ1) is 10.7. The van der Waals surface area contributed by atoms with Crippen molar-refractivity contribution in [3.63, 3.8) is 0 Å². The predicted molar refractivity (Wildman–Crippen MR) is 84.7 cm³/mol. The Morgan fingerprint density at radius 3 is 2.27 bits per heavy atom. The van der Waals surface area contributed by atoms with Crippen molar-refractivity contribution < 1.29 is 4.79 Å². The molecule has 0 atom stereocenters. The van der Waals surface area contributed by atoms with Gasteiger partial charge in [0, 0.05) is 5.56 Å². The van der Waals surface area contributed by atoms with E-state index in [-0.39, 0.29) is 11.5 Å². The van der Waals surface area contributed by atoms with E-state index in [1.807, 2.05) is 36.4 Å². The lowest BCUT2D eigenvalue weighted by Gasteiger charge is -2.06. The van der Waals surface area contributed by atoms with E-state index in [2.05, 4.69) is 15.5 Å². The molecule has 5 heteroatoms. The van der Waals surface area contributed by atoms with Gasteiger partial charge in [-0.15, -0.1) is 0 Å². The molecule has 0 aliphatic carbocycles. The third kappa shape index (κ3) is 2.93. The fourth-order valence-corrected chi connectivity index (χ4v) is 2.08. The van der Waals surface area contributed by atoms with Crippen LogP contribution in [-0.4, -0.2) is 16.1 Å². The van der Waals surface area contributed by atoms with Gasteiger partial charge < -0.3 is 5.32 Å². The number of carbonyl (C=O) groups is 1. The molecule has 0 saturated heterocycles. The van der Waals surface area contributed by atoms with Crippen molar-refractivity contribution >= 4 is 11.7 Å². The molecule has 5 nitrogen and oxygen atoms in total. The molecule has 0 unspecified atom stereocenters. The lowest BCUT2D eigenvalue weighted by atomic mass is 10.1. The van der Waals surface area contributed by atoms with Gasteiger partial charge in [-0.1, -0.05) is 48.5 Å². The van der Waals surface area contributed by atoms with E-state index in [4.69, 9.17) is 0 Å². The topological polar surface area (TPSA) is 74.8 Å². The number of aromatic amines is 1. The molecule has 0 bridgehead atoms. The molecule has 1 aromatic heterocycles. The van der Waals surface area contributed by atoms with Gasteiger partial charge in [-0.2, -0.15) is 5.10 Å². The average Bonchev–Trinajstić information content (AvgIpc) is 2.58. The van der Waals surface area contributed by atoms with Crippen LogP contribution in [0.4, 0.5) is 5.82 Å². The van der Waals surface area contributed by atoms with Crippen molar-refractivity contribution in [2.75, 3.05) is 5.32 Å². The summed E-state index contributed by atoms with van der Waals surface area (Å²) in [5.41, 5.74) is 1.45. The highest BCUT2D eigenvalue weighted by molar-refractivity contribution is 6.03. The zero-order valence-electron chi connectivity index (χ0n) is 11.6. The molecule has 3 aromatic rings. The number of anilines is 1. The highest BCUT2D eigenvalue weighted by Crippen LogP contribution is 2.16. The minimum atomic E-state index is -0.302. The predicted octanol–water partition coefficient (Wildman–Crippen LogP) is 2.69. The van der Waals surface area contributed by atoms with Crippen LogP contribution in [0.2, 0.25) is 0 Å². The zero-order chi connectivity index (χ0) is 15.4. The van der Waals surface area contributed by atoms with Gasteiger partial charge >= 0.3 is 0 Å². The number of aromatic nitrogens is 2. The number of amides is 1. The van der Waals surface area contributed by atoms with Crippen molar-refractivity contribution in [3.05, 3.63) is 82.6 Å². The van der Waals surface area contributed by atoms with Crippen LogP contribution in [0.5, 0.6) is 0 Å². The molecular weight excluding hydrogens is 278 g/mol. The zero-order valence-corrected chi connectivity index (χ0v) is 11.6. The quantitative estimate of drug-likeness (QED) is 0.779. The summed E-state index contributed by atoms with van der Waals surface area (Å²) in [5.74, 6) is 0.0199. The lowest BCUT2D eigenvalue weighted by molar-refractivity contribution is 0.102. The first-order valence-electron chi connectivity index (χ1n) is 6.75. The number of nitrogens with one attached hydrogen (secondary N) is 2. The summed E-state index contributed by atoms with van der Waals surface area (Å²) in [6.45, 7) is 0. The summed E-state index contributed by atoms with van der Waals surface area (Å²) >= 11 is 0. The Morgan fingerprint density at radius 2 is 1.59 bits per heavy atom. The molecule has 3 rings (SSSR count). The van der Waals surface area contributed by atoms with E-state index >= 15 is 0 Å². The van der Waals surface area contributed by atoms with Gasteiger partial charge in [-0.3, -0.25) is 9.59 Å². The summed E-state index contributed by atoms with van der Waals surface area (Å²) in [4.78, 5) is 24.0. The highest BCUT2D eigenvalue weighted by Gasteiger charge is 2.09. The number of benzene rings is 2. The monoisotopic (exact) mass is 291 g/mol. The van der Waals surface area contributed by atoms with Gasteiger partial charge in [0.2, 0.25) is 0 Å². The molecule has 22 heavy (non-hydrogen) atoms. The summed E-state index contributed by atoms with van der Waals surface area (Å²) < 4.78 is 0. The van der Waals surface area contributed by atoms with Gasteiger partial charge in [0.05, 0.1) is 5.56 Å². The van der Waals surface area contributed by atoms with Gasteiger partial charge in [0.15, 0.2) is 5.82 Å². The van der Waals surface area contributed by atoms with Crippen molar-refractivity contribution in [3.8, 4) is 11.1 Å². The van der Waals surface area contributed by atoms with E-state index < -0.39 is 0 Å². The van der Waals surface area contributed by atoms with Crippen LogP contribution in [-0.2, 0) is 0 Å². The first kappa shape index (κ1) is 13.8. The Hall–Kier alpha value is -3.21. The first-order valence-corrected chi connectivity index (χ1v) is 6.75. The lowest BCUT2D eigenvalue weighted by Crippen LogP contribution is -2.17. The van der Waals surface area contributed by atoms with Gasteiger partial charge in [-0.05, 0) is 23.8 Å². The minimum Gasteiger partial charge on any atom is -0.305 e. The molecule has 0 radical (unpaired) electrons. The maximum absolute atomic E-state index is 12.1. The van der Waals surface area contributed by atoms with Crippen molar-refractivity contribution in [1.29, 1.82) is 0 Å². The van der Waals surface area contributed by atoms with Crippen molar-refractivity contribution in [1.82, 2.24) is 10.2 Å². The second kappa shape index (κ2) is 6.05. The molecule has 0 fully saturated rings. The van der Waals surface area contributed by atoms with Crippen LogP contribution < -0.4 is 10.9 Å². The number of nitrogens with zero attached hydrogens (tertiary/aromatic N) is 1. The van der Waals surface area contributed by atoms with Crippen LogP contribution in [0.15, 0.2) is 71.5 Å². The summed E-state index contributed by atoms with van der Waals surface area (Å²) in [5, 5.41) is 8.94. The van der Waals surface area contributed by atoms with Crippen LogP contribution in [0.25, 0.3) is 11.1 Å². The highest BCUT2D eigenvalue weighted by atomic mass is 16.2. The standard InChI is InChI=1S/C17H13N3O2/c21-16(13-9-5-2-6-10-13)18-15-11-14(17(22)20-19-15)12-7-3-1-4-8-12/h1-11H,(H,20,22)(H,18,19,21). The van der Waals surface area contributed by atoms with Gasteiger partial charge in [0.25, 0.3) is 11.5 Å². The third-order valence-corrected chi connectivity index (χ3v) is 3.17. The minimum absolute atomic E-state index is 0.279. The Morgan fingerprint density at radius 1 is 0.955 bits per heavy atom.